The number of hydrogen-bond donors (Lipinski definition) is 2. The standard InChI is InChI=1S/C15H20N4OS/c1-11-12(9-14(21-11)15(20)18-16)10-19(2)8-6-13-5-3-4-7-17-13/h3-5,7,9H,6,8,10,16H2,1-2H3,(H,18,20). The van der Waals surface area contributed by atoms with Gasteiger partial charge in [-0.1, -0.05) is 6.07 Å². The maximum Gasteiger partial charge on any atom is 0.275 e. The van der Waals surface area contributed by atoms with Crippen LogP contribution in [0.25, 0.3) is 0 Å². The molecule has 0 fully saturated rings. The van der Waals surface area contributed by atoms with Gasteiger partial charge in [-0.05, 0) is 37.7 Å². The average Bonchev–Trinajstić information content (AvgIpc) is 2.86. The molecule has 2 rings (SSSR count). The van der Waals surface area contributed by atoms with Crippen molar-refractivity contribution in [1.29, 1.82) is 0 Å². The van der Waals surface area contributed by atoms with E-state index < -0.39 is 0 Å². The molecule has 21 heavy (non-hydrogen) atoms. The number of carbonyl (C=O) groups excluding carboxylic acids is 1. The second kappa shape index (κ2) is 7.31. The SMILES string of the molecule is Cc1sc(C(=O)NN)cc1CN(C)CCc1ccccn1. The Morgan fingerprint density at radius 3 is 2.95 bits per heavy atom. The highest BCUT2D eigenvalue weighted by Crippen LogP contribution is 2.22. The molecular formula is C15H20N4OS. The van der Waals surface area contributed by atoms with E-state index in [0.717, 1.165) is 30.1 Å². The van der Waals surface area contributed by atoms with Crippen molar-refractivity contribution in [2.75, 3.05) is 13.6 Å². The van der Waals surface area contributed by atoms with Gasteiger partial charge in [0, 0.05) is 36.3 Å². The van der Waals surface area contributed by atoms with Gasteiger partial charge in [0.05, 0.1) is 4.88 Å². The number of amides is 1. The number of rotatable bonds is 6. The van der Waals surface area contributed by atoms with Crippen molar-refractivity contribution in [3.63, 3.8) is 0 Å². The van der Waals surface area contributed by atoms with Crippen LogP contribution in [-0.2, 0) is 13.0 Å². The van der Waals surface area contributed by atoms with Crippen molar-refractivity contribution in [3.8, 4) is 0 Å². The summed E-state index contributed by atoms with van der Waals surface area (Å²) in [6.07, 6.45) is 2.73. The van der Waals surface area contributed by atoms with Gasteiger partial charge in [-0.2, -0.15) is 0 Å². The largest absolute Gasteiger partial charge is 0.302 e. The van der Waals surface area contributed by atoms with Crippen LogP contribution in [-0.4, -0.2) is 29.4 Å². The first-order chi connectivity index (χ1) is 10.1. The van der Waals surface area contributed by atoms with Gasteiger partial charge in [-0.15, -0.1) is 11.3 Å². The molecule has 0 aliphatic carbocycles. The number of aromatic nitrogens is 1. The van der Waals surface area contributed by atoms with Crippen LogP contribution in [0.3, 0.4) is 0 Å². The molecule has 0 atom stereocenters. The van der Waals surface area contributed by atoms with Gasteiger partial charge < -0.3 is 4.90 Å². The van der Waals surface area contributed by atoms with Crippen molar-refractivity contribution >= 4 is 17.2 Å². The lowest BCUT2D eigenvalue weighted by Crippen LogP contribution is -2.29. The predicted molar refractivity (Wildman–Crippen MR) is 85.0 cm³/mol. The lowest BCUT2D eigenvalue weighted by Gasteiger charge is -2.16. The van der Waals surface area contributed by atoms with Crippen molar-refractivity contribution < 1.29 is 4.79 Å². The van der Waals surface area contributed by atoms with Crippen LogP contribution >= 0.6 is 11.3 Å². The number of hydrogen-bond acceptors (Lipinski definition) is 5. The summed E-state index contributed by atoms with van der Waals surface area (Å²) in [7, 11) is 2.07. The number of likely N-dealkylation sites (N-methyl/N-ethyl adjacent to an activating group) is 1. The highest BCUT2D eigenvalue weighted by atomic mass is 32.1. The fourth-order valence-electron chi connectivity index (χ4n) is 2.08. The fourth-order valence-corrected chi connectivity index (χ4v) is 3.02. The van der Waals surface area contributed by atoms with E-state index in [0.29, 0.717) is 4.88 Å². The number of pyridine rings is 1. The number of carbonyl (C=O) groups is 1. The highest BCUT2D eigenvalue weighted by molar-refractivity contribution is 7.14. The third-order valence-corrected chi connectivity index (χ3v) is 4.38. The van der Waals surface area contributed by atoms with Gasteiger partial charge in [0.15, 0.2) is 0 Å². The van der Waals surface area contributed by atoms with Gasteiger partial charge in [-0.25, -0.2) is 5.84 Å². The van der Waals surface area contributed by atoms with E-state index >= 15 is 0 Å². The summed E-state index contributed by atoms with van der Waals surface area (Å²) in [5.41, 5.74) is 4.43. The first-order valence-electron chi connectivity index (χ1n) is 6.79. The molecule has 112 valence electrons. The number of nitrogens with one attached hydrogen (secondary N) is 1. The van der Waals surface area contributed by atoms with Crippen LogP contribution < -0.4 is 11.3 Å². The molecule has 0 spiro atoms. The average molecular weight is 304 g/mol. The third-order valence-electron chi connectivity index (χ3n) is 3.29. The minimum atomic E-state index is -0.231. The molecule has 0 bridgehead atoms. The van der Waals surface area contributed by atoms with E-state index in [4.69, 9.17) is 5.84 Å². The van der Waals surface area contributed by atoms with Crippen molar-refractivity contribution in [3.05, 3.63) is 51.5 Å². The van der Waals surface area contributed by atoms with Crippen LogP contribution in [0.4, 0.5) is 0 Å². The van der Waals surface area contributed by atoms with Crippen molar-refractivity contribution in [2.24, 2.45) is 5.84 Å². The molecule has 3 N–H and O–H groups in total. The molecule has 5 nitrogen and oxygen atoms in total. The third kappa shape index (κ3) is 4.35. The summed E-state index contributed by atoms with van der Waals surface area (Å²) in [6.45, 7) is 3.76. The van der Waals surface area contributed by atoms with Gasteiger partial charge in [0.25, 0.3) is 5.91 Å². The number of aryl methyl sites for hydroxylation is 1. The number of nitrogens with zero attached hydrogens (tertiary/aromatic N) is 2. The number of nitrogen functional groups attached to an aromatic ring is 1. The molecule has 0 aromatic carbocycles. The molecule has 6 heteroatoms. The molecule has 0 aliphatic heterocycles. The van der Waals surface area contributed by atoms with E-state index in [9.17, 15) is 4.79 Å². The topological polar surface area (TPSA) is 71.2 Å². The molecule has 0 saturated carbocycles. The molecule has 2 heterocycles. The summed E-state index contributed by atoms with van der Waals surface area (Å²) in [5, 5.41) is 0. The summed E-state index contributed by atoms with van der Waals surface area (Å²) in [4.78, 5) is 19.9. The maximum absolute atomic E-state index is 11.5. The summed E-state index contributed by atoms with van der Waals surface area (Å²) in [5.74, 6) is 4.94. The zero-order valence-corrected chi connectivity index (χ0v) is 13.1. The van der Waals surface area contributed by atoms with E-state index in [-0.39, 0.29) is 5.91 Å². The van der Waals surface area contributed by atoms with Crippen LogP contribution in [0.15, 0.2) is 30.5 Å². The Labute approximate surface area is 128 Å². The lowest BCUT2D eigenvalue weighted by molar-refractivity contribution is 0.0957. The zero-order chi connectivity index (χ0) is 15.2. The first-order valence-corrected chi connectivity index (χ1v) is 7.60. The molecular weight excluding hydrogens is 284 g/mol. The Kier molecular flexibility index (Phi) is 5.44. The fraction of sp³-hybridized carbons (Fsp3) is 0.333. The predicted octanol–water partition coefficient (Wildman–Crippen LogP) is 1.73. The first kappa shape index (κ1) is 15.6. The molecule has 0 radical (unpaired) electrons. The number of nitrogens with two attached hydrogens (primary N) is 1. The Morgan fingerprint density at radius 1 is 1.48 bits per heavy atom. The Balaban J connectivity index is 1.92. The monoisotopic (exact) mass is 304 g/mol. The normalized spacial score (nSPS) is 10.9. The zero-order valence-electron chi connectivity index (χ0n) is 12.3. The van der Waals surface area contributed by atoms with Crippen LogP contribution in [0.5, 0.6) is 0 Å². The minimum absolute atomic E-state index is 0.231. The quantitative estimate of drug-likeness (QED) is 0.484. The van der Waals surface area contributed by atoms with Gasteiger partial charge in [-0.3, -0.25) is 15.2 Å². The summed E-state index contributed by atoms with van der Waals surface area (Å²) < 4.78 is 0. The second-order valence-corrected chi connectivity index (χ2v) is 6.23. The molecule has 0 unspecified atom stereocenters. The van der Waals surface area contributed by atoms with E-state index in [2.05, 4.69) is 22.4 Å². The number of hydrazine groups is 1. The van der Waals surface area contributed by atoms with Crippen LogP contribution in [0.1, 0.15) is 25.8 Å². The van der Waals surface area contributed by atoms with E-state index in [1.54, 1.807) is 0 Å². The van der Waals surface area contributed by atoms with Gasteiger partial charge >= 0.3 is 0 Å². The van der Waals surface area contributed by atoms with Crippen LogP contribution in [0, 0.1) is 6.92 Å². The van der Waals surface area contributed by atoms with Crippen LogP contribution in [0.2, 0.25) is 0 Å². The number of thiophene rings is 1. The Morgan fingerprint density at radius 2 is 2.29 bits per heavy atom. The molecule has 0 saturated heterocycles. The summed E-state index contributed by atoms with van der Waals surface area (Å²) in [6, 6.07) is 7.88. The Hall–Kier alpha value is -1.76. The van der Waals surface area contributed by atoms with E-state index in [1.165, 1.54) is 16.9 Å². The van der Waals surface area contributed by atoms with Gasteiger partial charge in [0.1, 0.15) is 0 Å². The van der Waals surface area contributed by atoms with Gasteiger partial charge in [0.2, 0.25) is 0 Å². The molecule has 2 aromatic rings. The van der Waals surface area contributed by atoms with Crippen molar-refractivity contribution in [2.45, 2.75) is 19.9 Å². The molecule has 2 aromatic heterocycles. The highest BCUT2D eigenvalue weighted by Gasteiger charge is 2.12. The summed E-state index contributed by atoms with van der Waals surface area (Å²) >= 11 is 1.47. The Bertz CT molecular complexity index is 597. The molecule has 1 amide bonds. The molecule has 0 aliphatic rings. The smallest absolute Gasteiger partial charge is 0.275 e. The van der Waals surface area contributed by atoms with Crippen molar-refractivity contribution in [1.82, 2.24) is 15.3 Å². The lowest BCUT2D eigenvalue weighted by atomic mass is 10.2. The maximum atomic E-state index is 11.5. The second-order valence-electron chi connectivity index (χ2n) is 4.97. The minimum Gasteiger partial charge on any atom is -0.302 e. The van der Waals surface area contributed by atoms with E-state index in [1.807, 2.05) is 37.4 Å².